The van der Waals surface area contributed by atoms with Crippen molar-refractivity contribution in [2.24, 2.45) is 0 Å². The predicted octanol–water partition coefficient (Wildman–Crippen LogP) is 4.60. The van der Waals surface area contributed by atoms with Crippen molar-refractivity contribution in [2.75, 3.05) is 0 Å². The zero-order valence-electron chi connectivity index (χ0n) is 16.2. The molecule has 0 saturated carbocycles. The maximum absolute atomic E-state index is 12.8. The van der Waals surface area contributed by atoms with E-state index in [0.717, 1.165) is 16.9 Å². The Morgan fingerprint density at radius 2 is 1.71 bits per heavy atom. The molecule has 2 aromatic heterocycles. The van der Waals surface area contributed by atoms with Crippen LogP contribution >= 0.6 is 22.9 Å². The Labute approximate surface area is 186 Å². The lowest BCUT2D eigenvalue weighted by Gasteiger charge is -2.06. The van der Waals surface area contributed by atoms with E-state index < -0.39 is 0 Å². The molecule has 3 aromatic carbocycles. The van der Waals surface area contributed by atoms with E-state index in [1.54, 1.807) is 6.07 Å². The first-order valence-corrected chi connectivity index (χ1v) is 10.8. The summed E-state index contributed by atoms with van der Waals surface area (Å²) in [5, 5.41) is 4.90. The van der Waals surface area contributed by atoms with Crippen molar-refractivity contribution < 1.29 is 4.74 Å². The van der Waals surface area contributed by atoms with Crippen molar-refractivity contribution in [2.45, 2.75) is 6.61 Å². The topological polar surface area (TPSA) is 56.5 Å². The van der Waals surface area contributed by atoms with Gasteiger partial charge in [0.2, 0.25) is 4.96 Å². The highest BCUT2D eigenvalue weighted by molar-refractivity contribution is 7.15. The van der Waals surface area contributed by atoms with Crippen molar-refractivity contribution in [3.05, 3.63) is 110 Å². The Balaban J connectivity index is 1.38. The SMILES string of the molecule is O=c1/c(=C/c2ccc(OCc3ccccc3)cc2)sc2nc(-c3ccccc3Cl)nn12. The van der Waals surface area contributed by atoms with Crippen LogP contribution in [0.25, 0.3) is 22.4 Å². The third-order valence-electron chi connectivity index (χ3n) is 4.72. The maximum atomic E-state index is 12.8. The molecule has 0 aliphatic rings. The lowest BCUT2D eigenvalue weighted by molar-refractivity contribution is 0.306. The Kier molecular flexibility index (Phi) is 5.24. The molecule has 5 nitrogen and oxygen atoms in total. The van der Waals surface area contributed by atoms with Gasteiger partial charge >= 0.3 is 0 Å². The minimum atomic E-state index is -0.199. The number of nitrogens with zero attached hydrogens (tertiary/aromatic N) is 3. The van der Waals surface area contributed by atoms with E-state index in [1.165, 1.54) is 15.9 Å². The summed E-state index contributed by atoms with van der Waals surface area (Å²) < 4.78 is 7.71. The van der Waals surface area contributed by atoms with Crippen molar-refractivity contribution in [3.63, 3.8) is 0 Å². The largest absolute Gasteiger partial charge is 0.489 e. The molecule has 152 valence electrons. The molecule has 5 rings (SSSR count). The molecule has 0 fully saturated rings. The van der Waals surface area contributed by atoms with Crippen molar-refractivity contribution >= 4 is 34.0 Å². The van der Waals surface area contributed by atoms with Gasteiger partial charge in [-0.05, 0) is 41.5 Å². The summed E-state index contributed by atoms with van der Waals surface area (Å²) in [6, 6.07) is 24.9. The molecule has 0 N–H and O–H groups in total. The van der Waals surface area contributed by atoms with Gasteiger partial charge in [-0.2, -0.15) is 9.50 Å². The van der Waals surface area contributed by atoms with Crippen LogP contribution in [-0.4, -0.2) is 14.6 Å². The summed E-state index contributed by atoms with van der Waals surface area (Å²) in [5.74, 6) is 1.22. The highest BCUT2D eigenvalue weighted by Gasteiger charge is 2.13. The van der Waals surface area contributed by atoms with Crippen molar-refractivity contribution in [1.29, 1.82) is 0 Å². The fourth-order valence-electron chi connectivity index (χ4n) is 3.14. The molecule has 0 amide bonds. The van der Waals surface area contributed by atoms with Crippen LogP contribution in [0.15, 0.2) is 83.7 Å². The van der Waals surface area contributed by atoms with Crippen LogP contribution in [0, 0.1) is 0 Å². The zero-order chi connectivity index (χ0) is 21.2. The van der Waals surface area contributed by atoms with Gasteiger partial charge in [-0.25, -0.2) is 0 Å². The standard InChI is InChI=1S/C24H16ClN3O2S/c25-20-9-5-4-8-19(20)22-26-24-28(27-22)23(29)21(31-24)14-16-10-12-18(13-11-16)30-15-17-6-2-1-3-7-17/h1-14H,15H2/b21-14-. The Morgan fingerprint density at radius 1 is 0.968 bits per heavy atom. The quantitative estimate of drug-likeness (QED) is 0.397. The van der Waals surface area contributed by atoms with Gasteiger partial charge in [0.05, 0.1) is 9.55 Å². The molecule has 31 heavy (non-hydrogen) atoms. The molecular formula is C24H16ClN3O2S. The normalized spacial score (nSPS) is 11.8. The molecule has 0 atom stereocenters. The first-order chi connectivity index (χ1) is 15.2. The number of ether oxygens (including phenoxy) is 1. The van der Waals surface area contributed by atoms with Gasteiger partial charge < -0.3 is 4.74 Å². The minimum Gasteiger partial charge on any atom is -0.489 e. The predicted molar refractivity (Wildman–Crippen MR) is 124 cm³/mol. The van der Waals surface area contributed by atoms with Crippen LogP contribution in [0.5, 0.6) is 5.75 Å². The number of benzene rings is 3. The molecule has 2 heterocycles. The van der Waals surface area contributed by atoms with Gasteiger partial charge in [-0.3, -0.25) is 4.79 Å². The molecule has 5 aromatic rings. The monoisotopic (exact) mass is 445 g/mol. The number of hydrogen-bond acceptors (Lipinski definition) is 5. The molecule has 0 bridgehead atoms. The van der Waals surface area contributed by atoms with Crippen molar-refractivity contribution in [1.82, 2.24) is 14.6 Å². The first kappa shape index (κ1) is 19.5. The summed E-state index contributed by atoms with van der Waals surface area (Å²) in [6.07, 6.45) is 1.83. The summed E-state index contributed by atoms with van der Waals surface area (Å²) in [6.45, 7) is 0.510. The van der Waals surface area contributed by atoms with E-state index in [-0.39, 0.29) is 5.56 Å². The summed E-state index contributed by atoms with van der Waals surface area (Å²) >= 11 is 7.52. The van der Waals surface area contributed by atoms with Gasteiger partial charge in [-0.15, -0.1) is 5.10 Å². The third-order valence-corrected chi connectivity index (χ3v) is 6.01. The summed E-state index contributed by atoms with van der Waals surface area (Å²) in [5.41, 5.74) is 2.52. The van der Waals surface area contributed by atoms with Gasteiger partial charge in [-0.1, -0.05) is 77.5 Å². The van der Waals surface area contributed by atoms with E-state index in [0.29, 0.717) is 32.5 Å². The number of hydrogen-bond donors (Lipinski definition) is 0. The molecule has 0 aliphatic carbocycles. The minimum absolute atomic E-state index is 0.199. The molecule has 7 heteroatoms. The molecule has 0 radical (unpaired) electrons. The average molecular weight is 446 g/mol. The first-order valence-electron chi connectivity index (χ1n) is 9.60. The fourth-order valence-corrected chi connectivity index (χ4v) is 4.27. The molecule has 0 unspecified atom stereocenters. The Bertz CT molecular complexity index is 1460. The Morgan fingerprint density at radius 3 is 2.45 bits per heavy atom. The second-order valence-electron chi connectivity index (χ2n) is 6.87. The summed E-state index contributed by atoms with van der Waals surface area (Å²) in [4.78, 5) is 17.8. The molecule has 0 aliphatic heterocycles. The van der Waals surface area contributed by atoms with Crippen LogP contribution in [0.4, 0.5) is 0 Å². The number of halogens is 1. The molecular weight excluding hydrogens is 430 g/mol. The van der Waals surface area contributed by atoms with E-state index in [9.17, 15) is 4.79 Å². The van der Waals surface area contributed by atoms with E-state index in [1.807, 2.05) is 78.9 Å². The molecule has 0 spiro atoms. The lowest BCUT2D eigenvalue weighted by Crippen LogP contribution is -2.23. The number of fused-ring (bicyclic) bond motifs is 1. The van der Waals surface area contributed by atoms with Gasteiger partial charge in [0, 0.05) is 5.56 Å². The van der Waals surface area contributed by atoms with Crippen LogP contribution in [-0.2, 0) is 6.61 Å². The third kappa shape index (κ3) is 4.08. The fraction of sp³-hybridized carbons (Fsp3) is 0.0417. The van der Waals surface area contributed by atoms with E-state index in [4.69, 9.17) is 16.3 Å². The van der Waals surface area contributed by atoms with Crippen LogP contribution in [0.2, 0.25) is 5.02 Å². The number of thiazole rings is 1. The van der Waals surface area contributed by atoms with E-state index >= 15 is 0 Å². The van der Waals surface area contributed by atoms with E-state index in [2.05, 4.69) is 10.1 Å². The second-order valence-corrected chi connectivity index (χ2v) is 8.29. The Hall–Kier alpha value is -3.48. The van der Waals surface area contributed by atoms with Gasteiger partial charge in [0.1, 0.15) is 12.4 Å². The highest BCUT2D eigenvalue weighted by Crippen LogP contribution is 2.25. The number of aromatic nitrogens is 3. The smallest absolute Gasteiger partial charge is 0.291 e. The van der Waals surface area contributed by atoms with Crippen LogP contribution in [0.3, 0.4) is 0 Å². The number of rotatable bonds is 5. The van der Waals surface area contributed by atoms with Crippen LogP contribution in [0.1, 0.15) is 11.1 Å². The van der Waals surface area contributed by atoms with Crippen LogP contribution < -0.4 is 14.8 Å². The lowest BCUT2D eigenvalue weighted by atomic mass is 10.2. The molecule has 0 saturated heterocycles. The van der Waals surface area contributed by atoms with Gasteiger partial charge in [0.15, 0.2) is 5.82 Å². The summed E-state index contributed by atoms with van der Waals surface area (Å²) in [7, 11) is 0. The maximum Gasteiger partial charge on any atom is 0.291 e. The highest BCUT2D eigenvalue weighted by atomic mass is 35.5. The average Bonchev–Trinajstić information content (AvgIpc) is 3.33. The zero-order valence-corrected chi connectivity index (χ0v) is 17.8. The van der Waals surface area contributed by atoms with Gasteiger partial charge in [0.25, 0.3) is 5.56 Å². The second kappa shape index (κ2) is 8.34. The van der Waals surface area contributed by atoms with Crippen molar-refractivity contribution in [3.8, 4) is 17.1 Å².